The van der Waals surface area contributed by atoms with Crippen LogP contribution >= 0.6 is 11.6 Å². The Balaban J connectivity index is 2.23. The van der Waals surface area contributed by atoms with Crippen molar-refractivity contribution in [1.82, 2.24) is 4.31 Å². The standard InChI is InChI=1S/C18H18ClFN2O4S/c1-22(2)27(24,25)17-10-12(4-8-16(17)26-3)5-9-18(23)21-13-6-7-14(19)15(20)11-13/h4-11H,1-3H3,(H,21,23)/b9-5+. The quantitative estimate of drug-likeness (QED) is 0.738. The number of anilines is 1. The summed E-state index contributed by atoms with van der Waals surface area (Å²) in [5.41, 5.74) is 0.728. The smallest absolute Gasteiger partial charge is 0.248 e. The zero-order valence-electron chi connectivity index (χ0n) is 14.9. The summed E-state index contributed by atoms with van der Waals surface area (Å²) in [7, 11) is 0.480. The van der Waals surface area contributed by atoms with Gasteiger partial charge in [0.2, 0.25) is 15.9 Å². The molecule has 0 saturated heterocycles. The molecule has 0 unspecified atom stereocenters. The molecule has 0 aliphatic heterocycles. The Morgan fingerprint density at radius 1 is 1.22 bits per heavy atom. The van der Waals surface area contributed by atoms with Gasteiger partial charge in [0.05, 0.1) is 12.1 Å². The van der Waals surface area contributed by atoms with Crippen LogP contribution < -0.4 is 10.1 Å². The Hall–Kier alpha value is -2.42. The summed E-state index contributed by atoms with van der Waals surface area (Å²) in [5.74, 6) is -0.960. The number of nitrogens with one attached hydrogen (secondary N) is 1. The maximum Gasteiger partial charge on any atom is 0.248 e. The zero-order valence-corrected chi connectivity index (χ0v) is 16.4. The second kappa shape index (κ2) is 8.51. The highest BCUT2D eigenvalue weighted by atomic mass is 35.5. The summed E-state index contributed by atoms with van der Waals surface area (Å²) >= 11 is 5.59. The lowest BCUT2D eigenvalue weighted by Crippen LogP contribution is -2.22. The van der Waals surface area contributed by atoms with Crippen LogP contribution in [0.25, 0.3) is 6.08 Å². The number of amides is 1. The Morgan fingerprint density at radius 3 is 2.52 bits per heavy atom. The third-order valence-corrected chi connectivity index (χ3v) is 5.70. The molecule has 6 nitrogen and oxygen atoms in total. The van der Waals surface area contributed by atoms with Gasteiger partial charge in [-0.2, -0.15) is 0 Å². The lowest BCUT2D eigenvalue weighted by atomic mass is 10.2. The van der Waals surface area contributed by atoms with Gasteiger partial charge in [-0.3, -0.25) is 4.79 Å². The van der Waals surface area contributed by atoms with Crippen molar-refractivity contribution in [2.75, 3.05) is 26.5 Å². The lowest BCUT2D eigenvalue weighted by molar-refractivity contribution is -0.111. The van der Waals surface area contributed by atoms with Gasteiger partial charge >= 0.3 is 0 Å². The second-order valence-electron chi connectivity index (χ2n) is 5.65. The fraction of sp³-hybridized carbons (Fsp3) is 0.167. The second-order valence-corrected chi connectivity index (χ2v) is 8.18. The molecular weight excluding hydrogens is 395 g/mol. The summed E-state index contributed by atoms with van der Waals surface area (Å²) in [6, 6.07) is 8.41. The molecule has 2 rings (SSSR count). The summed E-state index contributed by atoms with van der Waals surface area (Å²) in [4.78, 5) is 12.0. The van der Waals surface area contributed by atoms with E-state index < -0.39 is 21.7 Å². The molecule has 0 atom stereocenters. The zero-order chi connectivity index (χ0) is 20.2. The van der Waals surface area contributed by atoms with Gasteiger partial charge in [0.25, 0.3) is 0 Å². The molecule has 0 spiro atoms. The molecule has 0 radical (unpaired) electrons. The number of nitrogens with zero attached hydrogens (tertiary/aromatic N) is 1. The summed E-state index contributed by atoms with van der Waals surface area (Å²) in [6.45, 7) is 0. The lowest BCUT2D eigenvalue weighted by Gasteiger charge is -2.15. The van der Waals surface area contributed by atoms with E-state index in [1.54, 1.807) is 6.07 Å². The molecule has 0 bridgehead atoms. The number of rotatable bonds is 6. The number of sulfonamides is 1. The number of hydrogen-bond acceptors (Lipinski definition) is 4. The van der Waals surface area contributed by atoms with E-state index in [9.17, 15) is 17.6 Å². The number of methoxy groups -OCH3 is 1. The fourth-order valence-corrected chi connectivity index (χ4v) is 3.33. The average molecular weight is 413 g/mol. The van der Waals surface area contributed by atoms with Gasteiger partial charge in [-0.25, -0.2) is 17.1 Å². The monoisotopic (exact) mass is 412 g/mol. The summed E-state index contributed by atoms with van der Waals surface area (Å²) in [5, 5.41) is 2.45. The van der Waals surface area contributed by atoms with Gasteiger partial charge in [0, 0.05) is 25.9 Å². The minimum atomic E-state index is -3.72. The third kappa shape index (κ3) is 5.06. The highest BCUT2D eigenvalue weighted by Crippen LogP contribution is 2.27. The van der Waals surface area contributed by atoms with Crippen LogP contribution in [0.2, 0.25) is 5.02 Å². The van der Waals surface area contributed by atoms with Crippen LogP contribution in [0.3, 0.4) is 0 Å². The molecule has 9 heteroatoms. The van der Waals surface area contributed by atoms with Crippen molar-refractivity contribution in [2.45, 2.75) is 4.90 Å². The molecule has 0 fully saturated rings. The van der Waals surface area contributed by atoms with Gasteiger partial charge in [-0.1, -0.05) is 17.7 Å². The molecule has 27 heavy (non-hydrogen) atoms. The van der Waals surface area contributed by atoms with Gasteiger partial charge in [-0.15, -0.1) is 0 Å². The first-order chi connectivity index (χ1) is 12.6. The molecule has 1 N–H and O–H groups in total. The maximum atomic E-state index is 13.4. The number of hydrogen-bond donors (Lipinski definition) is 1. The molecule has 0 aliphatic carbocycles. The normalized spacial score (nSPS) is 11.8. The topological polar surface area (TPSA) is 75.7 Å². The Labute approximate surface area is 162 Å². The van der Waals surface area contributed by atoms with Gasteiger partial charge in [0.15, 0.2) is 0 Å². The SMILES string of the molecule is COc1ccc(/C=C/C(=O)Nc2ccc(Cl)c(F)c2)cc1S(=O)(=O)N(C)C. The Bertz CT molecular complexity index is 991. The van der Waals surface area contributed by atoms with Crippen molar-refractivity contribution in [3.63, 3.8) is 0 Å². The van der Waals surface area contributed by atoms with Crippen molar-refractivity contribution in [3.05, 3.63) is 58.9 Å². The summed E-state index contributed by atoms with van der Waals surface area (Å²) in [6.07, 6.45) is 2.65. The molecule has 2 aromatic carbocycles. The summed E-state index contributed by atoms with van der Waals surface area (Å²) < 4.78 is 44.4. The van der Waals surface area contributed by atoms with E-state index in [2.05, 4.69) is 5.32 Å². The van der Waals surface area contributed by atoms with E-state index in [1.165, 1.54) is 57.6 Å². The first-order valence-corrected chi connectivity index (χ1v) is 9.51. The van der Waals surface area contributed by atoms with Crippen LogP contribution in [-0.4, -0.2) is 39.8 Å². The van der Waals surface area contributed by atoms with Crippen LogP contribution in [-0.2, 0) is 14.8 Å². The van der Waals surface area contributed by atoms with E-state index >= 15 is 0 Å². The van der Waals surface area contributed by atoms with E-state index in [1.807, 2.05) is 0 Å². The highest BCUT2D eigenvalue weighted by molar-refractivity contribution is 7.89. The van der Waals surface area contributed by atoms with Gasteiger partial charge in [0.1, 0.15) is 16.5 Å². The fourth-order valence-electron chi connectivity index (χ4n) is 2.12. The minimum absolute atomic E-state index is 0.0164. The molecule has 2 aromatic rings. The van der Waals surface area contributed by atoms with E-state index in [0.29, 0.717) is 5.56 Å². The van der Waals surface area contributed by atoms with Crippen LogP contribution in [0.1, 0.15) is 5.56 Å². The predicted molar refractivity (Wildman–Crippen MR) is 103 cm³/mol. The number of ether oxygens (including phenoxy) is 1. The Morgan fingerprint density at radius 2 is 1.93 bits per heavy atom. The molecule has 0 aliphatic rings. The largest absolute Gasteiger partial charge is 0.495 e. The number of carbonyl (C=O) groups excluding carboxylic acids is 1. The molecule has 1 amide bonds. The number of halogens is 2. The van der Waals surface area contributed by atoms with Crippen LogP contribution in [0.5, 0.6) is 5.75 Å². The Kier molecular flexibility index (Phi) is 6.59. The van der Waals surface area contributed by atoms with E-state index in [4.69, 9.17) is 16.3 Å². The van der Waals surface area contributed by atoms with Crippen molar-refractivity contribution < 1.29 is 22.3 Å². The number of carbonyl (C=O) groups is 1. The van der Waals surface area contributed by atoms with Crippen LogP contribution in [0.4, 0.5) is 10.1 Å². The van der Waals surface area contributed by atoms with Crippen LogP contribution in [0.15, 0.2) is 47.4 Å². The highest BCUT2D eigenvalue weighted by Gasteiger charge is 2.22. The molecule has 144 valence electrons. The third-order valence-electron chi connectivity index (χ3n) is 3.56. The first-order valence-electron chi connectivity index (χ1n) is 7.70. The predicted octanol–water partition coefficient (Wildman–Crippen LogP) is 3.39. The average Bonchev–Trinajstić information content (AvgIpc) is 2.62. The van der Waals surface area contributed by atoms with Crippen molar-refractivity contribution in [1.29, 1.82) is 0 Å². The molecule has 0 aromatic heterocycles. The van der Waals surface area contributed by atoms with E-state index in [-0.39, 0.29) is 21.4 Å². The molecule has 0 saturated carbocycles. The minimum Gasteiger partial charge on any atom is -0.495 e. The van der Waals surface area contributed by atoms with Crippen molar-refractivity contribution in [3.8, 4) is 5.75 Å². The molecular formula is C18H18ClFN2O4S. The van der Waals surface area contributed by atoms with Gasteiger partial charge < -0.3 is 10.1 Å². The number of benzene rings is 2. The molecule has 0 heterocycles. The van der Waals surface area contributed by atoms with Gasteiger partial charge in [-0.05, 0) is 42.0 Å². The van der Waals surface area contributed by atoms with Crippen LogP contribution in [0, 0.1) is 5.82 Å². The van der Waals surface area contributed by atoms with E-state index in [0.717, 1.165) is 10.4 Å². The first kappa shape index (κ1) is 20.9. The van der Waals surface area contributed by atoms with Crippen molar-refractivity contribution in [2.24, 2.45) is 0 Å². The maximum absolute atomic E-state index is 13.4. The van der Waals surface area contributed by atoms with Crippen molar-refractivity contribution >= 4 is 39.3 Å².